The van der Waals surface area contributed by atoms with Gasteiger partial charge in [0.05, 0.1) is 6.04 Å². The van der Waals surface area contributed by atoms with Crippen molar-refractivity contribution in [2.24, 2.45) is 17.3 Å². The van der Waals surface area contributed by atoms with Crippen LogP contribution in [0.3, 0.4) is 0 Å². The molecule has 16 heteroatoms. The van der Waals surface area contributed by atoms with E-state index in [2.05, 4.69) is 16.0 Å². The molecule has 0 bridgehead atoms. The van der Waals surface area contributed by atoms with Crippen LogP contribution in [0.1, 0.15) is 73.1 Å². The second-order valence-electron chi connectivity index (χ2n) is 12.9. The minimum Gasteiger partial charge on any atom is -0.746 e. The largest absolute Gasteiger partial charge is 1.00 e. The van der Waals surface area contributed by atoms with Crippen molar-refractivity contribution in [3.8, 4) is 0 Å². The van der Waals surface area contributed by atoms with Gasteiger partial charge in [-0.05, 0) is 70.6 Å². The summed E-state index contributed by atoms with van der Waals surface area (Å²) >= 11 is 0. The number of rotatable bonds is 10. The molecule has 4 atom stereocenters. The van der Waals surface area contributed by atoms with Crippen molar-refractivity contribution < 1.29 is 76.3 Å². The van der Waals surface area contributed by atoms with E-state index in [-0.39, 0.29) is 65.7 Å². The molecule has 0 aromatic rings. The van der Waals surface area contributed by atoms with E-state index in [4.69, 9.17) is 9.47 Å². The number of nitrogens with zero attached hydrogens (tertiary/aromatic N) is 1. The van der Waals surface area contributed by atoms with Crippen LogP contribution in [-0.4, -0.2) is 95.8 Å². The second kappa shape index (κ2) is 14.4. The van der Waals surface area contributed by atoms with E-state index < -0.39 is 57.3 Å². The molecule has 3 aliphatic rings. The van der Waals surface area contributed by atoms with Gasteiger partial charge in [0, 0.05) is 25.6 Å². The molecule has 0 aromatic carbocycles. The molecule has 3 rings (SSSR count). The Morgan fingerprint density at radius 2 is 1.86 bits per heavy atom. The fraction of sp³-hybridized carbons (Fsp3) is 0.846. The number of carbonyl (C=O) groups excluding carboxylic acids is 4. The van der Waals surface area contributed by atoms with Crippen LogP contribution < -0.4 is 45.5 Å². The zero-order valence-corrected chi connectivity index (χ0v) is 28.1. The summed E-state index contributed by atoms with van der Waals surface area (Å²) in [4.78, 5) is 51.9. The standard InChI is InChI=1S/C26H44N4O10S.Na/c1-15(2)10-18(21(32)28-19(22(33)41(36,37)38)11-16-6-8-27-20(16)31)29-23(34)39-17-12-26(13-17)7-9-30(14-26)24(35)40-25(3,4)5;/h15-19,22,33H,6-14H2,1-5H3,(H,27,31)(H,28,32)(H,29,34)(H,36,37,38);/q;+1/p-1/t16-,17?,18+,19+,22?,26?;/m1./s1. The summed E-state index contributed by atoms with van der Waals surface area (Å²) in [6.07, 6.45) is 0.516. The first-order valence-corrected chi connectivity index (χ1v) is 15.5. The summed E-state index contributed by atoms with van der Waals surface area (Å²) in [5.41, 5.74) is -3.22. The van der Waals surface area contributed by atoms with Crippen LogP contribution >= 0.6 is 0 Å². The minimum absolute atomic E-state index is 0. The number of ether oxygens (including phenoxy) is 2. The predicted molar refractivity (Wildman–Crippen MR) is 144 cm³/mol. The molecule has 14 nitrogen and oxygen atoms in total. The molecule has 1 unspecified atom stereocenters. The first-order valence-electron chi connectivity index (χ1n) is 14.0. The average Bonchev–Trinajstić information content (AvgIpc) is 3.42. The monoisotopic (exact) mass is 626 g/mol. The SMILES string of the molecule is CC(C)C[C@H](NC(=O)OC1CC2(CCN(C(=O)OC(C)(C)C)C2)C1)C(=O)N[C@@H](C[C@H]1CCNC1=O)C(O)S(=O)(=O)[O-].[Na+]. The Balaban J connectivity index is 0.00000616. The van der Waals surface area contributed by atoms with Crippen LogP contribution in [0.25, 0.3) is 0 Å². The molecular weight excluding hydrogens is 583 g/mol. The van der Waals surface area contributed by atoms with Gasteiger partial charge in [0.15, 0.2) is 5.44 Å². The van der Waals surface area contributed by atoms with Gasteiger partial charge in [-0.3, -0.25) is 9.59 Å². The van der Waals surface area contributed by atoms with Gasteiger partial charge in [0.25, 0.3) is 0 Å². The van der Waals surface area contributed by atoms with E-state index in [1.165, 1.54) is 0 Å². The van der Waals surface area contributed by atoms with Crippen LogP contribution in [0.4, 0.5) is 9.59 Å². The van der Waals surface area contributed by atoms with Crippen LogP contribution in [0.2, 0.25) is 0 Å². The normalized spacial score (nSPS) is 26.0. The summed E-state index contributed by atoms with van der Waals surface area (Å²) in [5.74, 6) is -1.93. The number of aliphatic hydroxyl groups excluding tert-OH is 1. The van der Waals surface area contributed by atoms with E-state index in [1.54, 1.807) is 25.7 Å². The average molecular weight is 627 g/mol. The Labute approximate surface area is 269 Å². The first kappa shape index (κ1) is 36.5. The van der Waals surface area contributed by atoms with Crippen molar-refractivity contribution in [1.82, 2.24) is 20.9 Å². The van der Waals surface area contributed by atoms with E-state index in [1.807, 2.05) is 13.8 Å². The molecular formula is C26H43N4NaO10S. The molecule has 2 saturated heterocycles. The number of nitrogens with one attached hydrogen (secondary N) is 3. The van der Waals surface area contributed by atoms with Gasteiger partial charge >= 0.3 is 41.7 Å². The van der Waals surface area contributed by atoms with Crippen molar-refractivity contribution in [3.63, 3.8) is 0 Å². The van der Waals surface area contributed by atoms with Crippen molar-refractivity contribution in [2.75, 3.05) is 19.6 Å². The van der Waals surface area contributed by atoms with E-state index in [0.717, 1.165) is 6.42 Å². The molecule has 4 amide bonds. The fourth-order valence-electron chi connectivity index (χ4n) is 5.68. The Morgan fingerprint density at radius 3 is 2.38 bits per heavy atom. The summed E-state index contributed by atoms with van der Waals surface area (Å²) in [5, 5.41) is 17.6. The van der Waals surface area contributed by atoms with Gasteiger partial charge < -0.3 is 40.0 Å². The predicted octanol–water partition coefficient (Wildman–Crippen LogP) is -2.20. The molecule has 2 aliphatic heterocycles. The number of carbonyl (C=O) groups is 4. The van der Waals surface area contributed by atoms with Crippen LogP contribution in [0, 0.1) is 17.3 Å². The summed E-state index contributed by atoms with van der Waals surface area (Å²) < 4.78 is 45.6. The maximum Gasteiger partial charge on any atom is 1.00 e. The molecule has 1 spiro atoms. The summed E-state index contributed by atoms with van der Waals surface area (Å²) in [6.45, 7) is 10.5. The molecule has 42 heavy (non-hydrogen) atoms. The summed E-state index contributed by atoms with van der Waals surface area (Å²) in [7, 11) is -5.21. The maximum absolute atomic E-state index is 13.1. The number of hydrogen-bond donors (Lipinski definition) is 4. The van der Waals surface area contributed by atoms with E-state index in [0.29, 0.717) is 38.9 Å². The van der Waals surface area contributed by atoms with Crippen molar-refractivity contribution >= 4 is 34.1 Å². The van der Waals surface area contributed by atoms with Gasteiger partial charge in [-0.2, -0.15) is 0 Å². The summed E-state index contributed by atoms with van der Waals surface area (Å²) in [6, 6.07) is -2.69. The van der Waals surface area contributed by atoms with Crippen LogP contribution in [0.5, 0.6) is 0 Å². The Bertz CT molecular complexity index is 1110. The zero-order chi connectivity index (χ0) is 30.8. The molecule has 0 radical (unpaired) electrons. The number of hydrogen-bond acceptors (Lipinski definition) is 10. The van der Waals surface area contributed by atoms with Crippen LogP contribution in [0.15, 0.2) is 0 Å². The molecule has 1 aliphatic carbocycles. The minimum atomic E-state index is -5.21. The zero-order valence-electron chi connectivity index (χ0n) is 25.3. The van der Waals surface area contributed by atoms with Crippen LogP contribution in [-0.2, 0) is 29.2 Å². The van der Waals surface area contributed by atoms with Crippen molar-refractivity contribution in [3.05, 3.63) is 0 Å². The molecule has 234 valence electrons. The third-order valence-electron chi connectivity index (χ3n) is 7.67. The van der Waals surface area contributed by atoms with Crippen molar-refractivity contribution in [1.29, 1.82) is 0 Å². The molecule has 3 fully saturated rings. The van der Waals surface area contributed by atoms with Gasteiger partial charge in [-0.25, -0.2) is 18.0 Å². The number of alkyl carbamates (subject to hydrolysis) is 1. The van der Waals surface area contributed by atoms with Gasteiger partial charge in [0.1, 0.15) is 27.9 Å². The molecule has 1 saturated carbocycles. The van der Waals surface area contributed by atoms with E-state index in [9.17, 15) is 37.3 Å². The molecule has 4 N–H and O–H groups in total. The van der Waals surface area contributed by atoms with Gasteiger partial charge in [0.2, 0.25) is 11.8 Å². The number of aliphatic hydroxyl groups is 1. The number of amides is 4. The van der Waals surface area contributed by atoms with E-state index >= 15 is 0 Å². The quantitative estimate of drug-likeness (QED) is 0.152. The van der Waals surface area contributed by atoms with Crippen molar-refractivity contribution in [2.45, 2.75) is 102 Å². The third kappa shape index (κ3) is 10.2. The second-order valence-corrected chi connectivity index (χ2v) is 14.4. The fourth-order valence-corrected chi connectivity index (χ4v) is 6.26. The smallest absolute Gasteiger partial charge is 0.746 e. The number of likely N-dealkylation sites (tertiary alicyclic amines) is 1. The molecule has 0 aromatic heterocycles. The Hall–Kier alpha value is -1.65. The first-order chi connectivity index (χ1) is 18.9. The van der Waals surface area contributed by atoms with Gasteiger partial charge in [-0.15, -0.1) is 0 Å². The Morgan fingerprint density at radius 1 is 1.21 bits per heavy atom. The Kier molecular flexibility index (Phi) is 12.5. The third-order valence-corrected chi connectivity index (χ3v) is 8.59. The van der Waals surface area contributed by atoms with Gasteiger partial charge in [-0.1, -0.05) is 13.8 Å². The molecule has 2 heterocycles. The maximum atomic E-state index is 13.1. The topological polar surface area (TPSA) is 203 Å².